The number of nitrogens with zero attached hydrogens (tertiary/aromatic N) is 7. The normalized spacial score (nSPS) is 14.9. The molecule has 0 radical (unpaired) electrons. The molecule has 8 nitrogen and oxygen atoms in total. The molecule has 4 aromatic heterocycles. The molecule has 0 bridgehead atoms. The van der Waals surface area contributed by atoms with Gasteiger partial charge in [-0.25, -0.2) is 19.6 Å². The van der Waals surface area contributed by atoms with Crippen molar-refractivity contribution in [3.05, 3.63) is 54.9 Å². The predicted molar refractivity (Wildman–Crippen MR) is 102 cm³/mol. The Hall–Kier alpha value is -3.42. The van der Waals surface area contributed by atoms with Crippen molar-refractivity contribution >= 4 is 22.6 Å². The summed E-state index contributed by atoms with van der Waals surface area (Å²) in [5, 5.41) is 5.48. The second-order valence-electron chi connectivity index (χ2n) is 6.58. The number of anilines is 2. The molecular formula is C19H19N7O. The van der Waals surface area contributed by atoms with Crippen LogP contribution in [0.3, 0.4) is 0 Å². The average molecular weight is 361 g/mol. The minimum absolute atomic E-state index is 0.778. The van der Waals surface area contributed by atoms with Crippen molar-refractivity contribution in [1.29, 1.82) is 0 Å². The van der Waals surface area contributed by atoms with E-state index in [1.807, 2.05) is 37.4 Å². The summed E-state index contributed by atoms with van der Waals surface area (Å²) in [6, 6.07) is 7.82. The Morgan fingerprint density at radius 1 is 0.926 bits per heavy atom. The van der Waals surface area contributed by atoms with Crippen LogP contribution in [0, 0.1) is 6.92 Å². The molecule has 8 heteroatoms. The van der Waals surface area contributed by atoms with Gasteiger partial charge in [0.1, 0.15) is 23.5 Å². The summed E-state index contributed by atoms with van der Waals surface area (Å²) in [6.07, 6.45) is 7.03. The molecule has 27 heavy (non-hydrogen) atoms. The zero-order valence-corrected chi connectivity index (χ0v) is 15.0. The molecule has 0 aliphatic carbocycles. The zero-order chi connectivity index (χ0) is 18.2. The molecule has 0 atom stereocenters. The van der Waals surface area contributed by atoms with E-state index in [1.54, 1.807) is 23.5 Å². The third-order valence-corrected chi connectivity index (χ3v) is 4.86. The SMILES string of the molecule is Cc1ccn(-c2cc(N3CCN(c4nccc5occc45)CC3)ncn2)n1. The fraction of sp³-hybridized carbons (Fsp3) is 0.263. The number of hydrogen-bond acceptors (Lipinski definition) is 7. The molecule has 0 spiro atoms. The van der Waals surface area contributed by atoms with Crippen molar-refractivity contribution in [2.45, 2.75) is 6.92 Å². The predicted octanol–water partition coefficient (Wildman–Crippen LogP) is 2.44. The van der Waals surface area contributed by atoms with E-state index < -0.39 is 0 Å². The van der Waals surface area contributed by atoms with E-state index in [2.05, 4.69) is 29.9 Å². The first-order chi connectivity index (χ1) is 13.3. The van der Waals surface area contributed by atoms with Gasteiger partial charge in [0.2, 0.25) is 0 Å². The van der Waals surface area contributed by atoms with Gasteiger partial charge in [0.05, 0.1) is 17.3 Å². The van der Waals surface area contributed by atoms with Gasteiger partial charge < -0.3 is 14.2 Å². The van der Waals surface area contributed by atoms with Gasteiger partial charge in [-0.15, -0.1) is 0 Å². The summed E-state index contributed by atoms with van der Waals surface area (Å²) in [6.45, 7) is 5.44. The van der Waals surface area contributed by atoms with Crippen LogP contribution in [0.2, 0.25) is 0 Å². The molecule has 0 N–H and O–H groups in total. The number of fused-ring (bicyclic) bond motifs is 1. The average Bonchev–Trinajstić information content (AvgIpc) is 3.37. The largest absolute Gasteiger partial charge is 0.464 e. The van der Waals surface area contributed by atoms with Crippen LogP contribution in [0.25, 0.3) is 16.8 Å². The molecule has 1 fully saturated rings. The second-order valence-corrected chi connectivity index (χ2v) is 6.58. The minimum atomic E-state index is 0.778. The first-order valence-electron chi connectivity index (χ1n) is 8.95. The van der Waals surface area contributed by atoms with Gasteiger partial charge in [0.15, 0.2) is 5.82 Å². The molecule has 0 amide bonds. The Balaban J connectivity index is 1.34. The van der Waals surface area contributed by atoms with Gasteiger partial charge in [-0.2, -0.15) is 5.10 Å². The molecular weight excluding hydrogens is 342 g/mol. The smallest absolute Gasteiger partial charge is 0.158 e. The van der Waals surface area contributed by atoms with Crippen molar-refractivity contribution in [3.63, 3.8) is 0 Å². The highest BCUT2D eigenvalue weighted by atomic mass is 16.3. The van der Waals surface area contributed by atoms with Crippen molar-refractivity contribution in [1.82, 2.24) is 24.7 Å². The van der Waals surface area contributed by atoms with Gasteiger partial charge in [0.25, 0.3) is 0 Å². The lowest BCUT2D eigenvalue weighted by molar-refractivity contribution is 0.614. The number of rotatable bonds is 3. The number of aromatic nitrogens is 5. The highest BCUT2D eigenvalue weighted by molar-refractivity contribution is 5.88. The summed E-state index contributed by atoms with van der Waals surface area (Å²) in [4.78, 5) is 17.9. The summed E-state index contributed by atoms with van der Waals surface area (Å²) in [7, 11) is 0. The van der Waals surface area contributed by atoms with Crippen LogP contribution < -0.4 is 9.80 Å². The third-order valence-electron chi connectivity index (χ3n) is 4.86. The number of piperazine rings is 1. The summed E-state index contributed by atoms with van der Waals surface area (Å²) >= 11 is 0. The molecule has 0 unspecified atom stereocenters. The fourth-order valence-corrected chi connectivity index (χ4v) is 3.46. The minimum Gasteiger partial charge on any atom is -0.464 e. The van der Waals surface area contributed by atoms with Gasteiger partial charge in [-0.3, -0.25) is 0 Å². The van der Waals surface area contributed by atoms with Gasteiger partial charge in [0, 0.05) is 44.6 Å². The maximum Gasteiger partial charge on any atom is 0.158 e. The van der Waals surface area contributed by atoms with Crippen LogP contribution in [-0.4, -0.2) is 50.9 Å². The summed E-state index contributed by atoms with van der Waals surface area (Å²) < 4.78 is 7.27. The lowest BCUT2D eigenvalue weighted by Crippen LogP contribution is -2.47. The fourth-order valence-electron chi connectivity index (χ4n) is 3.46. The molecule has 0 saturated carbocycles. The van der Waals surface area contributed by atoms with E-state index >= 15 is 0 Å². The molecule has 1 saturated heterocycles. The Morgan fingerprint density at radius 3 is 2.56 bits per heavy atom. The number of furan rings is 1. The van der Waals surface area contributed by atoms with E-state index in [0.29, 0.717) is 0 Å². The third kappa shape index (κ3) is 2.88. The molecule has 1 aliphatic heterocycles. The Labute approximate surface area is 156 Å². The monoisotopic (exact) mass is 361 g/mol. The summed E-state index contributed by atoms with van der Waals surface area (Å²) in [5.41, 5.74) is 1.84. The van der Waals surface area contributed by atoms with Gasteiger partial charge >= 0.3 is 0 Å². The quantitative estimate of drug-likeness (QED) is 0.555. The van der Waals surface area contributed by atoms with Crippen molar-refractivity contribution in [2.24, 2.45) is 0 Å². The standard InChI is InChI=1S/C19H19N7O/c1-14-3-6-26(23-14)18-12-17(21-13-22-18)24-7-9-25(10-8-24)19-15-4-11-27-16(15)2-5-20-19/h2-6,11-13H,7-10H2,1H3. The van der Waals surface area contributed by atoms with Crippen LogP contribution in [0.4, 0.5) is 11.6 Å². The molecule has 136 valence electrons. The van der Waals surface area contributed by atoms with Crippen LogP contribution in [0.15, 0.2) is 53.7 Å². The van der Waals surface area contributed by atoms with Crippen LogP contribution >= 0.6 is 0 Å². The second kappa shape index (κ2) is 6.39. The van der Waals surface area contributed by atoms with Crippen molar-refractivity contribution < 1.29 is 4.42 Å². The Kier molecular flexibility index (Phi) is 3.74. The maximum absolute atomic E-state index is 5.49. The van der Waals surface area contributed by atoms with Crippen LogP contribution in [0.1, 0.15) is 5.69 Å². The molecule has 1 aliphatic rings. The highest BCUT2D eigenvalue weighted by Crippen LogP contribution is 2.26. The van der Waals surface area contributed by atoms with Crippen LogP contribution in [0.5, 0.6) is 0 Å². The van der Waals surface area contributed by atoms with E-state index in [1.165, 1.54) is 0 Å². The summed E-state index contributed by atoms with van der Waals surface area (Å²) in [5.74, 6) is 2.68. The first kappa shape index (κ1) is 15.8. The van der Waals surface area contributed by atoms with Crippen molar-refractivity contribution in [3.8, 4) is 5.82 Å². The maximum atomic E-state index is 5.49. The van der Waals surface area contributed by atoms with Gasteiger partial charge in [-0.05, 0) is 25.1 Å². The Bertz CT molecular complexity index is 1080. The van der Waals surface area contributed by atoms with Crippen molar-refractivity contribution in [2.75, 3.05) is 36.0 Å². The topological polar surface area (TPSA) is 76.1 Å². The van der Waals surface area contributed by atoms with E-state index in [9.17, 15) is 0 Å². The first-order valence-corrected chi connectivity index (χ1v) is 8.95. The lowest BCUT2D eigenvalue weighted by Gasteiger charge is -2.36. The van der Waals surface area contributed by atoms with Gasteiger partial charge in [-0.1, -0.05) is 0 Å². The number of hydrogen-bond donors (Lipinski definition) is 0. The van der Waals surface area contributed by atoms with Crippen LogP contribution in [-0.2, 0) is 0 Å². The lowest BCUT2D eigenvalue weighted by atomic mass is 10.2. The van der Waals surface area contributed by atoms with E-state index in [4.69, 9.17) is 4.42 Å². The molecule has 5 rings (SSSR count). The highest BCUT2D eigenvalue weighted by Gasteiger charge is 2.21. The molecule has 4 aromatic rings. The number of aryl methyl sites for hydroxylation is 1. The molecule has 5 heterocycles. The Morgan fingerprint density at radius 2 is 1.74 bits per heavy atom. The molecule has 0 aromatic carbocycles. The van der Waals surface area contributed by atoms with E-state index in [-0.39, 0.29) is 0 Å². The van der Waals surface area contributed by atoms with E-state index in [0.717, 1.165) is 60.3 Å². The zero-order valence-electron chi connectivity index (χ0n) is 15.0. The number of pyridine rings is 1.